The monoisotopic (exact) mass is 262 g/mol. The number of aliphatic hydroxyl groups excluding tert-OH is 1. The second kappa shape index (κ2) is 4.64. The van der Waals surface area contributed by atoms with Crippen molar-refractivity contribution in [2.45, 2.75) is 12.5 Å². The summed E-state index contributed by atoms with van der Waals surface area (Å²) in [6.45, 7) is 1.21. The van der Waals surface area contributed by atoms with Crippen molar-refractivity contribution in [1.29, 1.82) is 0 Å². The molecule has 2 atom stereocenters. The maximum atomic E-state index is 11.3. The number of hydrogen-bond donors (Lipinski definition) is 3. The van der Waals surface area contributed by atoms with Crippen LogP contribution in [0.15, 0.2) is 27.8 Å². The fourth-order valence-electron chi connectivity index (χ4n) is 2.39. The number of rotatable bonds is 2. The first-order valence-electron chi connectivity index (χ1n) is 6.17. The van der Waals surface area contributed by atoms with Gasteiger partial charge in [-0.1, -0.05) is 6.07 Å². The molecule has 1 aromatic carbocycles. The predicted molar refractivity (Wildman–Crippen MR) is 69.1 cm³/mol. The number of hydrogen-bond acceptors (Lipinski definition) is 4. The van der Waals surface area contributed by atoms with Crippen LogP contribution in [0.4, 0.5) is 0 Å². The van der Waals surface area contributed by atoms with Gasteiger partial charge < -0.3 is 19.8 Å². The first-order chi connectivity index (χ1) is 9.15. The van der Waals surface area contributed by atoms with Crippen LogP contribution < -0.4 is 11.1 Å². The normalized spacial score (nSPS) is 20.8. The fourth-order valence-corrected chi connectivity index (χ4v) is 2.39. The van der Waals surface area contributed by atoms with Gasteiger partial charge in [-0.15, -0.1) is 0 Å². The molecule has 0 aliphatic carbocycles. The van der Waals surface area contributed by atoms with Crippen LogP contribution in [0.25, 0.3) is 11.0 Å². The van der Waals surface area contributed by atoms with Crippen LogP contribution in [0.5, 0.6) is 0 Å². The van der Waals surface area contributed by atoms with Crippen LogP contribution in [-0.4, -0.2) is 28.3 Å². The van der Waals surface area contributed by atoms with Crippen molar-refractivity contribution in [2.24, 2.45) is 5.92 Å². The summed E-state index contributed by atoms with van der Waals surface area (Å²) in [6, 6.07) is 5.12. The number of benzene rings is 1. The average molecular weight is 262 g/mol. The molecule has 19 heavy (non-hydrogen) atoms. The van der Waals surface area contributed by atoms with Gasteiger partial charge in [0.15, 0.2) is 0 Å². The van der Waals surface area contributed by atoms with Gasteiger partial charge in [0.2, 0.25) is 0 Å². The van der Waals surface area contributed by atoms with Gasteiger partial charge in [0.1, 0.15) is 0 Å². The zero-order valence-corrected chi connectivity index (χ0v) is 10.2. The van der Waals surface area contributed by atoms with E-state index in [1.54, 1.807) is 18.2 Å². The van der Waals surface area contributed by atoms with E-state index in [1.807, 2.05) is 0 Å². The highest BCUT2D eigenvalue weighted by Gasteiger charge is 2.25. The molecule has 0 bridgehead atoms. The molecule has 2 aromatic rings. The number of aromatic amines is 2. The lowest BCUT2D eigenvalue weighted by atomic mass is 9.95. The lowest BCUT2D eigenvalue weighted by Gasteiger charge is -2.17. The van der Waals surface area contributed by atoms with Gasteiger partial charge in [-0.05, 0) is 24.1 Å². The van der Waals surface area contributed by atoms with Crippen LogP contribution >= 0.6 is 0 Å². The molecule has 1 aliphatic heterocycles. The summed E-state index contributed by atoms with van der Waals surface area (Å²) < 4.78 is 5.26. The first kappa shape index (κ1) is 12.1. The largest absolute Gasteiger partial charge is 0.388 e. The molecular formula is C13H14N2O4. The minimum absolute atomic E-state index is 0.0759. The van der Waals surface area contributed by atoms with Crippen LogP contribution in [0.3, 0.4) is 0 Å². The van der Waals surface area contributed by atoms with Gasteiger partial charge in [-0.25, -0.2) is 0 Å². The van der Waals surface area contributed by atoms with E-state index in [2.05, 4.69) is 9.97 Å². The maximum Gasteiger partial charge on any atom is 0.314 e. The zero-order valence-electron chi connectivity index (χ0n) is 10.2. The molecule has 0 radical (unpaired) electrons. The van der Waals surface area contributed by atoms with Crippen LogP contribution in [0.1, 0.15) is 18.1 Å². The van der Waals surface area contributed by atoms with E-state index in [0.717, 1.165) is 6.42 Å². The van der Waals surface area contributed by atoms with Crippen molar-refractivity contribution in [3.8, 4) is 0 Å². The Morgan fingerprint density at radius 1 is 1.21 bits per heavy atom. The van der Waals surface area contributed by atoms with Crippen molar-refractivity contribution < 1.29 is 9.84 Å². The molecule has 2 unspecified atom stereocenters. The van der Waals surface area contributed by atoms with Crippen LogP contribution in [-0.2, 0) is 4.74 Å². The molecule has 6 nitrogen and oxygen atoms in total. The lowest BCUT2D eigenvalue weighted by Crippen LogP contribution is -2.29. The van der Waals surface area contributed by atoms with Crippen molar-refractivity contribution in [1.82, 2.24) is 9.97 Å². The molecule has 1 aliphatic rings. The SMILES string of the molecule is O=c1[nH]c2ccc(C(O)C3CCOC3)cc2[nH]c1=O. The smallest absolute Gasteiger partial charge is 0.314 e. The van der Waals surface area contributed by atoms with E-state index >= 15 is 0 Å². The predicted octanol–water partition coefficient (Wildman–Crippen LogP) is 0.286. The molecule has 0 saturated carbocycles. The highest BCUT2D eigenvalue weighted by molar-refractivity contribution is 5.74. The molecule has 0 spiro atoms. The molecule has 1 aromatic heterocycles. The van der Waals surface area contributed by atoms with E-state index in [4.69, 9.17) is 4.74 Å². The zero-order chi connectivity index (χ0) is 13.4. The average Bonchev–Trinajstić information content (AvgIpc) is 2.93. The Bertz CT molecular complexity index is 712. The number of aliphatic hydroxyl groups is 1. The van der Waals surface area contributed by atoms with Crippen molar-refractivity contribution >= 4 is 11.0 Å². The Kier molecular flexibility index (Phi) is 2.96. The molecular weight excluding hydrogens is 248 g/mol. The standard InChI is InChI=1S/C13H14N2O4/c16-11(8-3-4-19-6-8)7-1-2-9-10(5-7)15-13(18)12(17)14-9/h1-2,5,8,11,16H,3-4,6H2,(H,14,17)(H,15,18). The summed E-state index contributed by atoms with van der Waals surface area (Å²) in [4.78, 5) is 27.5. The van der Waals surface area contributed by atoms with Gasteiger partial charge >= 0.3 is 11.1 Å². The van der Waals surface area contributed by atoms with Crippen LogP contribution in [0, 0.1) is 5.92 Å². The van der Waals surface area contributed by atoms with E-state index in [9.17, 15) is 14.7 Å². The molecule has 3 rings (SSSR count). The van der Waals surface area contributed by atoms with E-state index < -0.39 is 17.2 Å². The molecule has 3 N–H and O–H groups in total. The molecule has 2 heterocycles. The maximum absolute atomic E-state index is 11.3. The third-order valence-electron chi connectivity index (χ3n) is 3.50. The highest BCUT2D eigenvalue weighted by atomic mass is 16.5. The van der Waals surface area contributed by atoms with E-state index in [-0.39, 0.29) is 5.92 Å². The number of ether oxygens (including phenoxy) is 1. The quantitative estimate of drug-likeness (QED) is 0.678. The second-order valence-electron chi connectivity index (χ2n) is 4.78. The molecule has 6 heteroatoms. The highest BCUT2D eigenvalue weighted by Crippen LogP contribution is 2.29. The Labute approximate surface area is 108 Å². The summed E-state index contributed by atoms with van der Waals surface area (Å²) in [5, 5.41) is 10.3. The van der Waals surface area contributed by atoms with Gasteiger partial charge in [-0.3, -0.25) is 9.59 Å². The molecule has 100 valence electrons. The number of nitrogens with one attached hydrogen (secondary N) is 2. The first-order valence-corrected chi connectivity index (χ1v) is 6.17. The molecule has 0 amide bonds. The van der Waals surface area contributed by atoms with Crippen molar-refractivity contribution in [3.05, 3.63) is 44.5 Å². The van der Waals surface area contributed by atoms with Crippen LogP contribution in [0.2, 0.25) is 0 Å². The second-order valence-corrected chi connectivity index (χ2v) is 4.78. The number of fused-ring (bicyclic) bond motifs is 1. The van der Waals surface area contributed by atoms with Crippen molar-refractivity contribution in [3.63, 3.8) is 0 Å². The van der Waals surface area contributed by atoms with Gasteiger partial charge in [0, 0.05) is 12.5 Å². The van der Waals surface area contributed by atoms with E-state index in [0.29, 0.717) is 29.8 Å². The Morgan fingerprint density at radius 2 is 1.95 bits per heavy atom. The third kappa shape index (κ3) is 2.20. The van der Waals surface area contributed by atoms with Gasteiger partial charge in [-0.2, -0.15) is 0 Å². The topological polar surface area (TPSA) is 95.2 Å². The Hall–Kier alpha value is -1.92. The lowest BCUT2D eigenvalue weighted by molar-refractivity contribution is 0.0919. The number of aromatic nitrogens is 2. The number of H-pyrrole nitrogens is 2. The molecule has 1 saturated heterocycles. The minimum Gasteiger partial charge on any atom is -0.388 e. The summed E-state index contributed by atoms with van der Waals surface area (Å²) in [7, 11) is 0. The Morgan fingerprint density at radius 3 is 2.63 bits per heavy atom. The third-order valence-corrected chi connectivity index (χ3v) is 3.50. The van der Waals surface area contributed by atoms with Crippen molar-refractivity contribution in [2.75, 3.05) is 13.2 Å². The summed E-state index contributed by atoms with van der Waals surface area (Å²) >= 11 is 0. The minimum atomic E-state index is -0.691. The van der Waals surface area contributed by atoms with Gasteiger partial charge in [0.25, 0.3) is 0 Å². The fraction of sp³-hybridized carbons (Fsp3) is 0.385. The Balaban J connectivity index is 2.03. The summed E-state index contributed by atoms with van der Waals surface area (Å²) in [5.41, 5.74) is 0.405. The van der Waals surface area contributed by atoms with Gasteiger partial charge in [0.05, 0.1) is 23.7 Å². The van der Waals surface area contributed by atoms with E-state index in [1.165, 1.54) is 0 Å². The summed E-state index contributed by atoms with van der Waals surface area (Å²) in [5.74, 6) is 0.0759. The molecule has 1 fully saturated rings. The summed E-state index contributed by atoms with van der Waals surface area (Å²) in [6.07, 6.45) is 0.198.